The van der Waals surface area contributed by atoms with Crippen LogP contribution < -0.4 is 56.3 Å². The summed E-state index contributed by atoms with van der Waals surface area (Å²) >= 11 is 16.1. The number of hydrogen-bond donors (Lipinski definition) is 9. The van der Waals surface area contributed by atoms with Crippen molar-refractivity contribution in [2.75, 3.05) is 77.5 Å². The van der Waals surface area contributed by atoms with E-state index in [4.69, 9.17) is 60.8 Å². The SMILES string of the molecule is CCCc1nc(N)c2c(C)c(C)sc2n1.CCc1nc(N)c2c(C)c(C)sc2n1.COc1nc(N)c2c(C)c(C)sc2n1.CSc1nc(N)c2c(C)c(C)oc2n1.CSc1nc(N)c2c(C)c(C)sc2n1.Cc1nc(N)c2c(C)c(C)sc2n1.Cc1sc2nc(-c3ccccc3)nc(N)c2c1C.Cc1sc2nc(S(C)(=O)=O)nc(N)c2c1C.Cc1sc2ncnc(N)c2c1C. The zero-order chi connectivity index (χ0) is 95.3. The Bertz CT molecular complexity index is 7190. The van der Waals surface area contributed by atoms with Gasteiger partial charge in [0.2, 0.25) is 20.7 Å². The van der Waals surface area contributed by atoms with Gasteiger partial charge < -0.3 is 60.8 Å². The fraction of sp³-hybridized carbons (Fsp3) is 0.318. The van der Waals surface area contributed by atoms with E-state index in [0.29, 0.717) is 74.1 Å². The second-order valence-corrected chi connectivity index (χ2v) is 43.1. The van der Waals surface area contributed by atoms with E-state index in [2.05, 4.69) is 173 Å². The molecule has 682 valence electrons. The first-order valence-electron chi connectivity index (χ1n) is 40.5. The fourth-order valence-electron chi connectivity index (χ4n) is 13.2. The number of thioether (sulfide) groups is 2. The highest BCUT2D eigenvalue weighted by Crippen LogP contribution is 2.41. The van der Waals surface area contributed by atoms with Crippen LogP contribution in [0, 0.1) is 132 Å². The van der Waals surface area contributed by atoms with Crippen LogP contribution in [0.2, 0.25) is 0 Å². The van der Waals surface area contributed by atoms with Gasteiger partial charge in [-0.2, -0.15) is 15.0 Å². The van der Waals surface area contributed by atoms with Gasteiger partial charge in [-0.05, 0) is 195 Å². The fourth-order valence-corrected chi connectivity index (χ4v) is 22.9. The molecular formula is C88H105N27O4S11. The van der Waals surface area contributed by atoms with Crippen molar-refractivity contribution in [2.24, 2.45) is 0 Å². The summed E-state index contributed by atoms with van der Waals surface area (Å²) in [5, 5.41) is 9.85. The first-order valence-corrected chi connectivity index (χ1v) is 51.3. The molecule has 19 rings (SSSR count). The summed E-state index contributed by atoms with van der Waals surface area (Å²) in [4.78, 5) is 93.8. The van der Waals surface area contributed by atoms with Gasteiger partial charge >= 0.3 is 6.01 Å². The largest absolute Gasteiger partial charge is 0.467 e. The minimum Gasteiger partial charge on any atom is -0.467 e. The molecular weight excluding hydrogens is 1850 g/mol. The minimum atomic E-state index is -3.42. The molecule has 18 N–H and O–H groups in total. The van der Waals surface area contributed by atoms with Crippen LogP contribution in [0.25, 0.3) is 104 Å². The van der Waals surface area contributed by atoms with Crippen LogP contribution >= 0.6 is 114 Å². The van der Waals surface area contributed by atoms with E-state index in [-0.39, 0.29) is 11.0 Å². The third kappa shape index (κ3) is 21.8. The highest BCUT2D eigenvalue weighted by Gasteiger charge is 2.22. The van der Waals surface area contributed by atoms with E-state index >= 15 is 0 Å². The van der Waals surface area contributed by atoms with Crippen molar-refractivity contribution in [2.45, 2.75) is 180 Å². The zero-order valence-electron chi connectivity index (χ0n) is 77.0. The summed E-state index contributed by atoms with van der Waals surface area (Å²) < 4.78 is 33.1. The van der Waals surface area contributed by atoms with Gasteiger partial charge in [0.05, 0.1) is 55.6 Å². The van der Waals surface area contributed by atoms with Crippen molar-refractivity contribution < 1.29 is 17.6 Å². The second kappa shape index (κ2) is 41.9. The molecule has 0 saturated carbocycles. The van der Waals surface area contributed by atoms with Crippen LogP contribution in [0.1, 0.15) is 133 Å². The smallest absolute Gasteiger partial charge is 0.319 e. The Morgan fingerprint density at radius 1 is 0.354 bits per heavy atom. The molecule has 130 heavy (non-hydrogen) atoms. The predicted octanol–water partition coefficient (Wildman–Crippen LogP) is 20.9. The molecule has 0 spiro atoms. The molecule has 0 aliphatic rings. The molecule has 0 amide bonds. The number of rotatable bonds is 8. The minimum absolute atomic E-state index is 0.209. The number of thiophene rings is 8. The number of nitrogen functional groups attached to an aromatic ring is 9. The number of benzene rings is 1. The van der Waals surface area contributed by atoms with Gasteiger partial charge in [-0.15, -0.1) is 90.7 Å². The van der Waals surface area contributed by atoms with E-state index in [0.717, 1.165) is 163 Å². The molecule has 0 fully saturated rings. The van der Waals surface area contributed by atoms with Crippen LogP contribution in [0.3, 0.4) is 0 Å². The average Bonchev–Trinajstić information content (AvgIpc) is 1.71. The topological polar surface area (TPSA) is 523 Å². The molecule has 18 heterocycles. The summed E-state index contributed by atoms with van der Waals surface area (Å²) in [6.07, 6.45) is 9.21. The van der Waals surface area contributed by atoms with Crippen molar-refractivity contribution >= 4 is 269 Å². The van der Waals surface area contributed by atoms with Crippen LogP contribution in [0.15, 0.2) is 56.5 Å². The van der Waals surface area contributed by atoms with Crippen LogP contribution in [0.5, 0.6) is 6.01 Å². The van der Waals surface area contributed by atoms with Crippen molar-refractivity contribution in [3.63, 3.8) is 0 Å². The number of nitrogens with two attached hydrogens (primary N) is 9. The van der Waals surface area contributed by atoms with Crippen molar-refractivity contribution in [1.82, 2.24) is 89.7 Å². The predicted molar refractivity (Wildman–Crippen MR) is 553 cm³/mol. The van der Waals surface area contributed by atoms with Crippen LogP contribution in [-0.2, 0) is 22.7 Å². The average molecular weight is 1960 g/mol. The van der Waals surface area contributed by atoms with E-state index in [1.165, 1.54) is 116 Å². The van der Waals surface area contributed by atoms with Gasteiger partial charge in [0.15, 0.2) is 16.1 Å². The number of fused-ring (bicyclic) bond motifs is 9. The van der Waals surface area contributed by atoms with Crippen LogP contribution in [0.4, 0.5) is 52.4 Å². The molecule has 1 aromatic carbocycles. The number of hydrogen-bond acceptors (Lipinski definition) is 41. The number of anilines is 9. The second-order valence-electron chi connectivity index (χ2n) is 30.0. The van der Waals surface area contributed by atoms with E-state index in [9.17, 15) is 8.42 Å². The number of furan rings is 1. The van der Waals surface area contributed by atoms with E-state index in [1.54, 1.807) is 79.4 Å². The van der Waals surface area contributed by atoms with Gasteiger partial charge in [0, 0.05) is 69.2 Å². The summed E-state index contributed by atoms with van der Waals surface area (Å²) in [6.45, 7) is 42.7. The summed E-state index contributed by atoms with van der Waals surface area (Å²) in [6, 6.07) is 10.2. The molecule has 19 aromatic rings. The van der Waals surface area contributed by atoms with E-state index in [1.807, 2.05) is 105 Å². The lowest BCUT2D eigenvalue weighted by Crippen LogP contribution is -2.06. The maximum atomic E-state index is 11.3. The highest BCUT2D eigenvalue weighted by atomic mass is 32.2. The Morgan fingerprint density at radius 3 is 1.14 bits per heavy atom. The number of methoxy groups -OCH3 is 1. The number of aryl methyl sites for hydroxylation is 21. The Balaban J connectivity index is 0.000000142. The molecule has 18 aromatic heterocycles. The number of ether oxygens (including phenoxy) is 1. The summed E-state index contributed by atoms with van der Waals surface area (Å²) in [5.74, 6) is 8.80. The summed E-state index contributed by atoms with van der Waals surface area (Å²) in [7, 11) is -1.88. The maximum Gasteiger partial charge on any atom is 0.319 e. The quantitative estimate of drug-likeness (QED) is 0.0504. The molecule has 0 unspecified atom stereocenters. The van der Waals surface area contributed by atoms with Crippen molar-refractivity contribution in [3.05, 3.63) is 149 Å². The molecule has 0 bridgehead atoms. The lowest BCUT2D eigenvalue weighted by molar-refractivity contribution is 0.382. The first kappa shape index (κ1) is 99.4. The standard InChI is InChI=1S/C14H13N3S.C11H15N3S.C10H13N3S.C9H11N3O2S2.2C9H11N3OS.C9H11N3S2.C9H11N3S.C8H9N3S/c1-8-9(2)18-14-11(8)12(15)16-13(17-14)10-6-4-3-5-7-10;1-4-5-8-13-10(12)9-6(2)7(3)15-11(9)14-8;1-4-7-12-9(11)8-5(2)6(3)14-10(8)13-7;1-4-5(2)15-8-6(4)7(10)11-9(12-8)16(3,13)14;1-4-5(2)13-8-6(4)7(10)11-9(12-8)14-3;2*1-4-5(2)14-8-6(4)7(10)11-9(12-8)13-3;1-4-5(2)13-9-7(4)8(10)11-6(3)12-9;1-4-5(2)12-8-6(4)7(9)10-3-11-8/h3-7H,1-2H3,(H2,15,16,17);4-5H2,1-3H3,(H2,12,13,14);4H2,1-3H3,(H2,11,12,13);1-3H3,(H2,10,11,12);3*1-3H3,(H2,10,11,12);1-3H3,(H2,10,11,12);3H,1-2H3,(H2,9,10,11). The van der Waals surface area contributed by atoms with E-state index < -0.39 is 9.84 Å². The molecule has 42 heteroatoms. The molecule has 0 aliphatic heterocycles. The third-order valence-corrected chi connectivity index (χ3v) is 32.0. The number of nitrogens with zero attached hydrogens (tertiary/aromatic N) is 18. The van der Waals surface area contributed by atoms with Crippen LogP contribution in [-0.4, -0.2) is 124 Å². The Labute approximate surface area is 793 Å². The Morgan fingerprint density at radius 2 is 0.708 bits per heavy atom. The van der Waals surface area contributed by atoms with Crippen molar-refractivity contribution in [3.8, 4) is 17.4 Å². The highest BCUT2D eigenvalue weighted by molar-refractivity contribution is 7.98. The molecule has 31 nitrogen and oxygen atoms in total. The molecule has 0 radical (unpaired) electrons. The maximum absolute atomic E-state index is 11.3. The molecule has 0 saturated heterocycles. The summed E-state index contributed by atoms with van der Waals surface area (Å²) in [5.41, 5.74) is 64.8. The van der Waals surface area contributed by atoms with Gasteiger partial charge in [0.1, 0.15) is 121 Å². The number of sulfone groups is 1. The zero-order valence-corrected chi connectivity index (χ0v) is 85.9. The number of aromatic nitrogens is 18. The molecule has 0 atom stereocenters. The molecule has 0 aliphatic carbocycles. The third-order valence-electron chi connectivity index (χ3n) is 21.3. The van der Waals surface area contributed by atoms with Gasteiger partial charge in [-0.25, -0.2) is 83.2 Å². The Kier molecular flexibility index (Phi) is 32.1. The normalized spacial score (nSPS) is 11.1. The van der Waals surface area contributed by atoms with Gasteiger partial charge in [-0.3, -0.25) is 0 Å². The van der Waals surface area contributed by atoms with Gasteiger partial charge in [-0.1, -0.05) is 67.7 Å². The monoisotopic (exact) mass is 1960 g/mol. The first-order chi connectivity index (χ1) is 61.4. The lowest BCUT2D eigenvalue weighted by atomic mass is 10.2. The lowest BCUT2D eigenvalue weighted by Gasteiger charge is -2.03. The van der Waals surface area contributed by atoms with Crippen molar-refractivity contribution in [1.29, 1.82) is 0 Å². The van der Waals surface area contributed by atoms with Gasteiger partial charge in [0.25, 0.3) is 0 Å². The Hall–Kier alpha value is -11.2.